The van der Waals surface area contributed by atoms with Crippen LogP contribution in [0.1, 0.15) is 15.9 Å². The third-order valence-corrected chi connectivity index (χ3v) is 4.42. The Morgan fingerprint density at radius 2 is 1.86 bits per heavy atom. The zero-order valence-corrected chi connectivity index (χ0v) is 15.9. The number of nitrogens with zero attached hydrogens (tertiary/aromatic N) is 2. The molecule has 7 heteroatoms. The number of pyridine rings is 2. The van der Waals surface area contributed by atoms with Crippen molar-refractivity contribution >= 4 is 28.4 Å². The van der Waals surface area contributed by atoms with Crippen LogP contribution < -0.4 is 10.1 Å². The predicted octanol–water partition coefficient (Wildman–Crippen LogP) is 5.14. The summed E-state index contributed by atoms with van der Waals surface area (Å²) in [6, 6.07) is 16.1. The van der Waals surface area contributed by atoms with Crippen LogP contribution in [0.5, 0.6) is 11.6 Å². The van der Waals surface area contributed by atoms with Gasteiger partial charge in [0.1, 0.15) is 11.6 Å². The fourth-order valence-corrected chi connectivity index (χ4v) is 3.07. The van der Waals surface area contributed by atoms with E-state index < -0.39 is 0 Å². The van der Waals surface area contributed by atoms with Gasteiger partial charge in [-0.15, -0.1) is 0 Å². The van der Waals surface area contributed by atoms with Gasteiger partial charge in [-0.1, -0.05) is 17.7 Å². The number of aromatic nitrogens is 2. The quantitative estimate of drug-likeness (QED) is 0.497. The van der Waals surface area contributed by atoms with Crippen LogP contribution in [0.4, 0.5) is 4.39 Å². The summed E-state index contributed by atoms with van der Waals surface area (Å²) in [6.07, 6.45) is 3.21. The minimum absolute atomic E-state index is 0.266. The molecule has 2 aromatic carbocycles. The van der Waals surface area contributed by atoms with E-state index in [0.29, 0.717) is 27.7 Å². The molecule has 2 aromatic heterocycles. The first kappa shape index (κ1) is 18.8. The lowest BCUT2D eigenvalue weighted by Gasteiger charge is -2.10. The highest BCUT2D eigenvalue weighted by molar-refractivity contribution is 6.32. The summed E-state index contributed by atoms with van der Waals surface area (Å²) in [7, 11) is 0. The van der Waals surface area contributed by atoms with Crippen LogP contribution in [0.2, 0.25) is 5.02 Å². The van der Waals surface area contributed by atoms with Crippen molar-refractivity contribution in [2.45, 2.75) is 6.54 Å². The molecule has 4 rings (SSSR count). The Kier molecular flexibility index (Phi) is 5.35. The van der Waals surface area contributed by atoms with Crippen LogP contribution in [0.15, 0.2) is 73.1 Å². The maximum absolute atomic E-state index is 13.0. The summed E-state index contributed by atoms with van der Waals surface area (Å²) >= 11 is 6.14. The first-order valence-corrected chi connectivity index (χ1v) is 9.17. The van der Waals surface area contributed by atoms with Crippen molar-refractivity contribution in [1.82, 2.24) is 15.3 Å². The average molecular weight is 408 g/mol. The summed E-state index contributed by atoms with van der Waals surface area (Å²) in [5.74, 6) is 0.189. The highest BCUT2D eigenvalue weighted by atomic mass is 35.5. The zero-order valence-electron chi connectivity index (χ0n) is 15.1. The minimum atomic E-state index is -0.343. The van der Waals surface area contributed by atoms with Gasteiger partial charge >= 0.3 is 0 Å². The van der Waals surface area contributed by atoms with Crippen LogP contribution in [-0.4, -0.2) is 15.9 Å². The lowest BCUT2D eigenvalue weighted by Crippen LogP contribution is -2.23. The molecule has 0 spiro atoms. The number of fused-ring (bicyclic) bond motifs is 1. The van der Waals surface area contributed by atoms with Crippen molar-refractivity contribution in [3.63, 3.8) is 0 Å². The Morgan fingerprint density at radius 1 is 1.03 bits per heavy atom. The number of rotatable bonds is 5. The second-order valence-corrected chi connectivity index (χ2v) is 6.71. The molecule has 2 heterocycles. The number of halogens is 2. The number of hydrogen-bond donors (Lipinski definition) is 1. The molecule has 1 N–H and O–H groups in total. The minimum Gasteiger partial charge on any atom is -0.439 e. The van der Waals surface area contributed by atoms with E-state index >= 15 is 0 Å². The molecule has 0 aliphatic heterocycles. The second-order valence-electron chi connectivity index (χ2n) is 6.27. The number of carbonyl (C=O) groups is 1. The standard InChI is InChI=1S/C22H15ClFN3O2/c23-16-11-15-2-1-8-26-21(15)19(12-16)22(28)27-13-14-7-9-25-20(10-14)29-18-5-3-17(24)4-6-18/h1-12H,13H2,(H,27,28). The van der Waals surface area contributed by atoms with Gasteiger partial charge in [0.25, 0.3) is 5.91 Å². The molecular weight excluding hydrogens is 393 g/mol. The smallest absolute Gasteiger partial charge is 0.253 e. The number of nitrogens with one attached hydrogen (secondary N) is 1. The van der Waals surface area contributed by atoms with E-state index in [4.69, 9.17) is 16.3 Å². The molecule has 5 nitrogen and oxygen atoms in total. The molecule has 0 radical (unpaired) electrons. The Morgan fingerprint density at radius 3 is 2.69 bits per heavy atom. The molecule has 29 heavy (non-hydrogen) atoms. The van der Waals surface area contributed by atoms with Crippen molar-refractivity contribution < 1.29 is 13.9 Å². The molecule has 0 aliphatic carbocycles. The molecule has 0 saturated heterocycles. The zero-order chi connectivity index (χ0) is 20.2. The first-order valence-electron chi connectivity index (χ1n) is 8.79. The van der Waals surface area contributed by atoms with Gasteiger partial charge in [0.05, 0.1) is 11.1 Å². The van der Waals surface area contributed by atoms with Crippen LogP contribution in [0.25, 0.3) is 10.9 Å². The highest BCUT2D eigenvalue weighted by Crippen LogP contribution is 2.23. The van der Waals surface area contributed by atoms with Gasteiger partial charge in [0, 0.05) is 35.4 Å². The van der Waals surface area contributed by atoms with E-state index in [1.807, 2.05) is 6.07 Å². The van der Waals surface area contributed by atoms with Gasteiger partial charge in [-0.05, 0) is 54.1 Å². The van der Waals surface area contributed by atoms with Gasteiger partial charge in [-0.2, -0.15) is 0 Å². The Hall–Kier alpha value is -3.51. The SMILES string of the molecule is O=C(NCc1ccnc(Oc2ccc(F)cc2)c1)c1cc(Cl)cc2cccnc12. The molecule has 144 valence electrons. The van der Waals surface area contributed by atoms with Crippen LogP contribution in [0, 0.1) is 5.82 Å². The fraction of sp³-hybridized carbons (Fsp3) is 0.0455. The highest BCUT2D eigenvalue weighted by Gasteiger charge is 2.13. The summed E-state index contributed by atoms with van der Waals surface area (Å²) in [5.41, 5.74) is 1.79. The van der Waals surface area contributed by atoms with E-state index in [9.17, 15) is 9.18 Å². The average Bonchev–Trinajstić information content (AvgIpc) is 2.73. The number of carbonyl (C=O) groups excluding carboxylic acids is 1. The summed E-state index contributed by atoms with van der Waals surface area (Å²) in [4.78, 5) is 21.1. The Bertz CT molecular complexity index is 1180. The molecule has 0 bridgehead atoms. The van der Waals surface area contributed by atoms with Crippen molar-refractivity contribution in [1.29, 1.82) is 0 Å². The summed E-state index contributed by atoms with van der Waals surface area (Å²) in [6.45, 7) is 0.266. The Balaban J connectivity index is 1.48. The van der Waals surface area contributed by atoms with Crippen LogP contribution >= 0.6 is 11.6 Å². The maximum Gasteiger partial charge on any atom is 0.253 e. The maximum atomic E-state index is 13.0. The van der Waals surface area contributed by atoms with Gasteiger partial charge in [-0.3, -0.25) is 9.78 Å². The number of ether oxygens (including phenoxy) is 1. The predicted molar refractivity (Wildman–Crippen MR) is 109 cm³/mol. The summed E-state index contributed by atoms with van der Waals surface area (Å²) < 4.78 is 18.6. The van der Waals surface area contributed by atoms with Crippen molar-refractivity contribution in [3.05, 3.63) is 95.0 Å². The molecular formula is C22H15ClFN3O2. The molecule has 0 aliphatic rings. The van der Waals surface area contributed by atoms with Crippen LogP contribution in [-0.2, 0) is 6.54 Å². The summed E-state index contributed by atoms with van der Waals surface area (Å²) in [5, 5.41) is 4.13. The van der Waals surface area contributed by atoms with E-state index in [2.05, 4.69) is 15.3 Å². The Labute approximate surface area is 171 Å². The van der Waals surface area contributed by atoms with Gasteiger partial charge in [0.15, 0.2) is 0 Å². The molecule has 0 saturated carbocycles. The van der Waals surface area contributed by atoms with Gasteiger partial charge in [-0.25, -0.2) is 9.37 Å². The van der Waals surface area contributed by atoms with Crippen molar-refractivity contribution in [3.8, 4) is 11.6 Å². The molecule has 4 aromatic rings. The molecule has 0 atom stereocenters. The monoisotopic (exact) mass is 407 g/mol. The topological polar surface area (TPSA) is 64.1 Å². The van der Waals surface area contributed by atoms with Crippen molar-refractivity contribution in [2.75, 3.05) is 0 Å². The van der Waals surface area contributed by atoms with E-state index in [1.165, 1.54) is 24.3 Å². The third kappa shape index (κ3) is 4.50. The van der Waals surface area contributed by atoms with E-state index in [1.54, 1.807) is 42.7 Å². The van der Waals surface area contributed by atoms with E-state index in [-0.39, 0.29) is 18.3 Å². The fourth-order valence-electron chi connectivity index (χ4n) is 2.85. The second kappa shape index (κ2) is 8.24. The molecule has 0 unspecified atom stereocenters. The van der Waals surface area contributed by atoms with Crippen LogP contribution in [0.3, 0.4) is 0 Å². The van der Waals surface area contributed by atoms with Gasteiger partial charge in [0.2, 0.25) is 5.88 Å². The normalized spacial score (nSPS) is 10.7. The largest absolute Gasteiger partial charge is 0.439 e. The number of amides is 1. The molecule has 1 amide bonds. The van der Waals surface area contributed by atoms with Crippen molar-refractivity contribution in [2.24, 2.45) is 0 Å². The lowest BCUT2D eigenvalue weighted by molar-refractivity contribution is 0.0952. The number of benzene rings is 2. The first-order chi connectivity index (χ1) is 14.1. The third-order valence-electron chi connectivity index (χ3n) is 4.20. The van der Waals surface area contributed by atoms with E-state index in [0.717, 1.165) is 10.9 Å². The molecule has 0 fully saturated rings. The van der Waals surface area contributed by atoms with Gasteiger partial charge < -0.3 is 10.1 Å². The lowest BCUT2D eigenvalue weighted by atomic mass is 10.1. The number of hydrogen-bond acceptors (Lipinski definition) is 4.